The Morgan fingerprint density at radius 1 is 1.03 bits per heavy atom. The summed E-state index contributed by atoms with van der Waals surface area (Å²) >= 11 is 0. The molecule has 3 aromatic rings. The molecule has 146 valence electrons. The molecule has 6 nitrogen and oxygen atoms in total. The number of nitrogens with zero attached hydrogens (tertiary/aromatic N) is 2. The van der Waals surface area contributed by atoms with Crippen LogP contribution in [0.25, 0.3) is 22.6 Å². The maximum absolute atomic E-state index is 12.1. The summed E-state index contributed by atoms with van der Waals surface area (Å²) in [5, 5.41) is 19.7. The summed E-state index contributed by atoms with van der Waals surface area (Å²) in [7, 11) is 0. The van der Waals surface area contributed by atoms with Gasteiger partial charge in [-0.2, -0.15) is 0 Å². The lowest BCUT2D eigenvalue weighted by molar-refractivity contribution is 0.0685. The standard InChI is InChI=1S/C23H20N2O4/c1-2-25-12-16(11-14-7-9-15(10-8-14)22(26)27)21-18(13-25)20(23(28)29)17-5-3-4-6-19(17)24-21/h3-11H,2,12-13H2,1H3,(H,26,27)(H,28,29)/b16-11+. The number of carboxylic acid groups (broad SMARTS) is 2. The molecule has 4 rings (SSSR count). The number of aromatic carboxylic acids is 2. The van der Waals surface area contributed by atoms with Crippen LogP contribution in [-0.4, -0.2) is 45.1 Å². The minimum atomic E-state index is -0.969. The van der Waals surface area contributed by atoms with Crippen LogP contribution in [0.4, 0.5) is 0 Å². The first-order valence-electron chi connectivity index (χ1n) is 9.39. The van der Waals surface area contributed by atoms with Crippen molar-refractivity contribution in [2.24, 2.45) is 0 Å². The maximum atomic E-state index is 12.1. The van der Waals surface area contributed by atoms with E-state index in [4.69, 9.17) is 10.1 Å². The van der Waals surface area contributed by atoms with Gasteiger partial charge >= 0.3 is 11.9 Å². The lowest BCUT2D eigenvalue weighted by Gasteiger charge is -2.30. The minimum Gasteiger partial charge on any atom is -0.478 e. The topological polar surface area (TPSA) is 90.7 Å². The number of para-hydroxylation sites is 1. The molecule has 6 heteroatoms. The van der Waals surface area contributed by atoms with Crippen molar-refractivity contribution in [3.8, 4) is 0 Å². The highest BCUT2D eigenvalue weighted by molar-refractivity contribution is 6.06. The van der Waals surface area contributed by atoms with E-state index in [1.165, 1.54) is 0 Å². The molecule has 1 aromatic heterocycles. The number of aromatic nitrogens is 1. The number of rotatable bonds is 4. The molecule has 0 amide bonds. The number of carbonyl (C=O) groups is 2. The van der Waals surface area contributed by atoms with E-state index < -0.39 is 11.9 Å². The van der Waals surface area contributed by atoms with Crippen LogP contribution in [0.1, 0.15) is 44.5 Å². The van der Waals surface area contributed by atoms with Crippen LogP contribution in [-0.2, 0) is 6.54 Å². The van der Waals surface area contributed by atoms with Crippen LogP contribution in [0.2, 0.25) is 0 Å². The van der Waals surface area contributed by atoms with Crippen molar-refractivity contribution in [3.63, 3.8) is 0 Å². The molecule has 0 saturated carbocycles. The summed E-state index contributed by atoms with van der Waals surface area (Å²) in [4.78, 5) is 30.2. The van der Waals surface area contributed by atoms with Crippen LogP contribution >= 0.6 is 0 Å². The zero-order valence-corrected chi connectivity index (χ0v) is 15.9. The highest BCUT2D eigenvalue weighted by Crippen LogP contribution is 2.34. The van der Waals surface area contributed by atoms with Gasteiger partial charge in [-0.1, -0.05) is 37.3 Å². The summed E-state index contributed by atoms with van der Waals surface area (Å²) in [6, 6.07) is 13.9. The van der Waals surface area contributed by atoms with E-state index in [2.05, 4.69) is 4.90 Å². The average molecular weight is 388 g/mol. The van der Waals surface area contributed by atoms with E-state index >= 15 is 0 Å². The predicted octanol–water partition coefficient (Wildman–Crippen LogP) is 4.01. The van der Waals surface area contributed by atoms with Crippen molar-refractivity contribution >= 4 is 34.5 Å². The Bertz CT molecular complexity index is 1150. The van der Waals surface area contributed by atoms with Crippen molar-refractivity contribution in [2.75, 3.05) is 13.1 Å². The van der Waals surface area contributed by atoms with E-state index in [0.29, 0.717) is 35.2 Å². The van der Waals surface area contributed by atoms with Gasteiger partial charge in [0.15, 0.2) is 0 Å². The predicted molar refractivity (Wildman–Crippen MR) is 111 cm³/mol. The molecule has 0 spiro atoms. The summed E-state index contributed by atoms with van der Waals surface area (Å²) in [5.74, 6) is -1.92. The van der Waals surface area contributed by atoms with E-state index in [1.807, 2.05) is 31.2 Å². The third-order valence-corrected chi connectivity index (χ3v) is 5.23. The van der Waals surface area contributed by atoms with E-state index in [-0.39, 0.29) is 5.56 Å². The van der Waals surface area contributed by atoms with E-state index in [1.54, 1.807) is 30.3 Å². The second-order valence-corrected chi connectivity index (χ2v) is 7.04. The SMILES string of the molecule is CCN1C/C(=C\c2ccc(C(=O)O)cc2)c2nc3ccccc3c(C(=O)O)c2C1. The lowest BCUT2D eigenvalue weighted by Crippen LogP contribution is -2.31. The average Bonchev–Trinajstić information content (AvgIpc) is 2.72. The Kier molecular flexibility index (Phi) is 4.86. The summed E-state index contributed by atoms with van der Waals surface area (Å²) < 4.78 is 0. The zero-order chi connectivity index (χ0) is 20.5. The lowest BCUT2D eigenvalue weighted by atomic mass is 9.92. The molecule has 0 fully saturated rings. The first-order chi connectivity index (χ1) is 14.0. The Balaban J connectivity index is 1.91. The maximum Gasteiger partial charge on any atom is 0.336 e. The number of hydrogen-bond donors (Lipinski definition) is 2. The summed E-state index contributed by atoms with van der Waals surface area (Å²) in [5.41, 5.74) is 4.37. The Morgan fingerprint density at radius 2 is 1.76 bits per heavy atom. The number of pyridine rings is 1. The first-order valence-corrected chi connectivity index (χ1v) is 9.39. The molecule has 0 atom stereocenters. The molecular formula is C23H20N2O4. The van der Waals surface area contributed by atoms with Crippen molar-refractivity contribution in [1.82, 2.24) is 9.88 Å². The van der Waals surface area contributed by atoms with E-state index in [9.17, 15) is 14.7 Å². The highest BCUT2D eigenvalue weighted by atomic mass is 16.4. The Morgan fingerprint density at radius 3 is 2.41 bits per heavy atom. The van der Waals surface area contributed by atoms with Crippen molar-refractivity contribution in [1.29, 1.82) is 0 Å². The molecule has 0 aliphatic carbocycles. The van der Waals surface area contributed by atoms with Gasteiger partial charge in [0.1, 0.15) is 0 Å². The fourth-order valence-electron chi connectivity index (χ4n) is 3.77. The van der Waals surface area contributed by atoms with Crippen LogP contribution in [0.5, 0.6) is 0 Å². The monoisotopic (exact) mass is 388 g/mol. The highest BCUT2D eigenvalue weighted by Gasteiger charge is 2.27. The summed E-state index contributed by atoms with van der Waals surface area (Å²) in [6.07, 6.45) is 1.96. The van der Waals surface area contributed by atoms with Crippen LogP contribution < -0.4 is 0 Å². The molecule has 0 saturated heterocycles. The second-order valence-electron chi connectivity index (χ2n) is 7.04. The number of fused-ring (bicyclic) bond motifs is 2. The van der Waals surface area contributed by atoms with Crippen LogP contribution in [0, 0.1) is 0 Å². The van der Waals surface area contributed by atoms with Gasteiger partial charge in [-0.05, 0) is 42.0 Å². The van der Waals surface area contributed by atoms with Crippen LogP contribution in [0.3, 0.4) is 0 Å². The smallest absolute Gasteiger partial charge is 0.336 e. The number of likely N-dealkylation sites (N-methyl/N-ethyl adjacent to an activating group) is 1. The molecule has 2 heterocycles. The largest absolute Gasteiger partial charge is 0.478 e. The molecule has 1 aliphatic heterocycles. The minimum absolute atomic E-state index is 0.226. The van der Waals surface area contributed by atoms with Crippen molar-refractivity contribution in [3.05, 3.63) is 76.5 Å². The number of benzene rings is 2. The molecule has 29 heavy (non-hydrogen) atoms. The fraction of sp³-hybridized carbons (Fsp3) is 0.174. The Labute approximate surface area is 167 Å². The Hall–Kier alpha value is -3.51. The quantitative estimate of drug-likeness (QED) is 0.702. The number of hydrogen-bond acceptors (Lipinski definition) is 4. The zero-order valence-electron chi connectivity index (χ0n) is 15.9. The van der Waals surface area contributed by atoms with Gasteiger partial charge in [0.25, 0.3) is 0 Å². The van der Waals surface area contributed by atoms with Crippen molar-refractivity contribution < 1.29 is 19.8 Å². The molecule has 0 unspecified atom stereocenters. The van der Waals surface area contributed by atoms with Gasteiger partial charge in [-0.3, -0.25) is 4.90 Å². The summed E-state index contributed by atoms with van der Waals surface area (Å²) in [6.45, 7) is 4.00. The molecule has 2 aromatic carbocycles. The van der Waals surface area contributed by atoms with Crippen molar-refractivity contribution in [2.45, 2.75) is 13.5 Å². The molecular weight excluding hydrogens is 368 g/mol. The van der Waals surface area contributed by atoms with Crippen LogP contribution in [0.15, 0.2) is 48.5 Å². The second kappa shape index (κ2) is 7.48. The van der Waals surface area contributed by atoms with Gasteiger partial charge in [0.05, 0.1) is 22.3 Å². The van der Waals surface area contributed by atoms with Gasteiger partial charge in [0.2, 0.25) is 0 Å². The van der Waals surface area contributed by atoms with Gasteiger partial charge in [0, 0.05) is 24.0 Å². The molecule has 2 N–H and O–H groups in total. The molecule has 0 bridgehead atoms. The first kappa shape index (κ1) is 18.8. The third-order valence-electron chi connectivity index (χ3n) is 5.23. The number of carboxylic acids is 2. The van der Waals surface area contributed by atoms with Gasteiger partial charge < -0.3 is 10.2 Å². The van der Waals surface area contributed by atoms with Gasteiger partial charge in [-0.25, -0.2) is 14.6 Å². The fourth-order valence-corrected chi connectivity index (χ4v) is 3.77. The molecule has 1 aliphatic rings. The van der Waals surface area contributed by atoms with E-state index in [0.717, 1.165) is 23.2 Å². The van der Waals surface area contributed by atoms with Gasteiger partial charge in [-0.15, -0.1) is 0 Å². The normalized spacial score (nSPS) is 15.4. The third kappa shape index (κ3) is 3.50. The molecule has 0 radical (unpaired) electrons.